The van der Waals surface area contributed by atoms with Crippen molar-refractivity contribution in [3.05, 3.63) is 29.3 Å². The SMILES string of the molecule is Cc1ccc(C)c(OCC(C)(NC(C)C)C(=O)O)c1. The molecule has 0 aliphatic carbocycles. The molecule has 0 amide bonds. The standard InChI is InChI=1S/C15H23NO3/c1-10(2)16-15(5,14(17)18)9-19-13-8-11(3)6-7-12(13)4/h6-8,10,16H,9H2,1-5H3,(H,17,18). The van der Waals surface area contributed by atoms with E-state index in [-0.39, 0.29) is 12.6 Å². The van der Waals surface area contributed by atoms with Crippen molar-refractivity contribution in [2.24, 2.45) is 0 Å². The minimum Gasteiger partial charge on any atom is -0.491 e. The van der Waals surface area contributed by atoms with Crippen molar-refractivity contribution < 1.29 is 14.6 Å². The Morgan fingerprint density at radius 1 is 1.42 bits per heavy atom. The summed E-state index contributed by atoms with van der Waals surface area (Å²) in [6.45, 7) is 9.49. The van der Waals surface area contributed by atoms with Crippen molar-refractivity contribution in [1.29, 1.82) is 0 Å². The Morgan fingerprint density at radius 3 is 2.58 bits per heavy atom. The second-order valence-electron chi connectivity index (χ2n) is 5.49. The average molecular weight is 265 g/mol. The van der Waals surface area contributed by atoms with Gasteiger partial charge in [-0.1, -0.05) is 12.1 Å². The second-order valence-corrected chi connectivity index (χ2v) is 5.49. The lowest BCUT2D eigenvalue weighted by molar-refractivity contribution is -0.145. The molecule has 0 heterocycles. The van der Waals surface area contributed by atoms with Crippen LogP contribution in [0, 0.1) is 13.8 Å². The molecule has 0 saturated carbocycles. The molecule has 1 aromatic carbocycles. The maximum Gasteiger partial charge on any atom is 0.327 e. The molecular weight excluding hydrogens is 242 g/mol. The van der Waals surface area contributed by atoms with Crippen molar-refractivity contribution >= 4 is 5.97 Å². The van der Waals surface area contributed by atoms with Crippen LogP contribution in [0.15, 0.2) is 18.2 Å². The van der Waals surface area contributed by atoms with Gasteiger partial charge in [0.05, 0.1) is 0 Å². The lowest BCUT2D eigenvalue weighted by Crippen LogP contribution is -2.56. The van der Waals surface area contributed by atoms with Crippen LogP contribution >= 0.6 is 0 Å². The molecule has 0 aliphatic rings. The minimum absolute atomic E-state index is 0.0725. The van der Waals surface area contributed by atoms with Gasteiger partial charge >= 0.3 is 5.97 Å². The fraction of sp³-hybridized carbons (Fsp3) is 0.533. The third-order valence-corrected chi connectivity index (χ3v) is 2.94. The summed E-state index contributed by atoms with van der Waals surface area (Å²) in [5, 5.41) is 12.4. The molecule has 0 fully saturated rings. The van der Waals surface area contributed by atoms with Crippen molar-refractivity contribution in [3.63, 3.8) is 0 Å². The Kier molecular flexibility index (Phi) is 4.95. The first kappa shape index (κ1) is 15.5. The van der Waals surface area contributed by atoms with E-state index >= 15 is 0 Å². The van der Waals surface area contributed by atoms with Crippen LogP contribution in [-0.2, 0) is 4.79 Å². The topological polar surface area (TPSA) is 58.6 Å². The highest BCUT2D eigenvalue weighted by Crippen LogP contribution is 2.20. The van der Waals surface area contributed by atoms with Gasteiger partial charge in [-0.25, -0.2) is 0 Å². The van der Waals surface area contributed by atoms with Gasteiger partial charge in [0.2, 0.25) is 0 Å². The number of carbonyl (C=O) groups is 1. The number of aryl methyl sites for hydroxylation is 2. The Balaban J connectivity index is 2.82. The normalized spacial score (nSPS) is 14.2. The Labute approximate surface area is 114 Å². The summed E-state index contributed by atoms with van der Waals surface area (Å²) < 4.78 is 5.70. The molecule has 1 aromatic rings. The van der Waals surface area contributed by atoms with Crippen LogP contribution in [0.3, 0.4) is 0 Å². The highest BCUT2D eigenvalue weighted by molar-refractivity contribution is 5.78. The first-order chi connectivity index (χ1) is 8.74. The molecule has 0 aliphatic heterocycles. The summed E-state index contributed by atoms with van der Waals surface area (Å²) >= 11 is 0. The van der Waals surface area contributed by atoms with Crippen LogP contribution in [0.2, 0.25) is 0 Å². The lowest BCUT2D eigenvalue weighted by Gasteiger charge is -2.28. The van der Waals surface area contributed by atoms with E-state index in [0.717, 1.165) is 16.9 Å². The molecular formula is C15H23NO3. The van der Waals surface area contributed by atoms with Gasteiger partial charge in [0, 0.05) is 6.04 Å². The molecule has 2 N–H and O–H groups in total. The number of aliphatic carboxylic acids is 1. The van der Waals surface area contributed by atoms with E-state index < -0.39 is 11.5 Å². The van der Waals surface area contributed by atoms with Crippen LogP contribution in [0.5, 0.6) is 5.75 Å². The number of ether oxygens (including phenoxy) is 1. The molecule has 1 atom stereocenters. The first-order valence-electron chi connectivity index (χ1n) is 6.46. The fourth-order valence-corrected chi connectivity index (χ4v) is 1.89. The number of carboxylic acids is 1. The van der Waals surface area contributed by atoms with E-state index in [0.29, 0.717) is 0 Å². The molecule has 0 bridgehead atoms. The Hall–Kier alpha value is -1.55. The summed E-state index contributed by atoms with van der Waals surface area (Å²) in [5.74, 6) is -0.176. The molecule has 1 rings (SSSR count). The third-order valence-electron chi connectivity index (χ3n) is 2.94. The smallest absolute Gasteiger partial charge is 0.327 e. The molecule has 19 heavy (non-hydrogen) atoms. The highest BCUT2D eigenvalue weighted by Gasteiger charge is 2.34. The molecule has 106 valence electrons. The predicted molar refractivity (Wildman–Crippen MR) is 75.7 cm³/mol. The number of benzene rings is 1. The largest absolute Gasteiger partial charge is 0.491 e. The van der Waals surface area contributed by atoms with Crippen molar-refractivity contribution in [2.45, 2.75) is 46.2 Å². The highest BCUT2D eigenvalue weighted by atomic mass is 16.5. The maximum absolute atomic E-state index is 11.4. The Bertz CT molecular complexity index is 457. The van der Waals surface area contributed by atoms with E-state index in [2.05, 4.69) is 5.32 Å². The average Bonchev–Trinajstić information content (AvgIpc) is 2.29. The van der Waals surface area contributed by atoms with Gasteiger partial charge in [-0.2, -0.15) is 0 Å². The van der Waals surface area contributed by atoms with Crippen LogP contribution in [-0.4, -0.2) is 29.3 Å². The summed E-state index contributed by atoms with van der Waals surface area (Å²) in [4.78, 5) is 11.4. The van der Waals surface area contributed by atoms with E-state index in [9.17, 15) is 9.90 Å². The van der Waals surface area contributed by atoms with Gasteiger partial charge in [-0.05, 0) is 51.8 Å². The quantitative estimate of drug-likeness (QED) is 0.830. The monoisotopic (exact) mass is 265 g/mol. The lowest BCUT2D eigenvalue weighted by atomic mass is 10.0. The minimum atomic E-state index is -1.09. The summed E-state index contributed by atoms with van der Waals surface area (Å²) in [6.07, 6.45) is 0. The second kappa shape index (κ2) is 6.06. The number of nitrogens with one attached hydrogen (secondary N) is 1. The molecule has 1 unspecified atom stereocenters. The number of carboxylic acid groups (broad SMARTS) is 1. The first-order valence-corrected chi connectivity index (χ1v) is 6.46. The van der Waals surface area contributed by atoms with E-state index in [1.807, 2.05) is 45.9 Å². The fourth-order valence-electron chi connectivity index (χ4n) is 1.89. The van der Waals surface area contributed by atoms with Crippen molar-refractivity contribution in [3.8, 4) is 5.75 Å². The van der Waals surface area contributed by atoms with Crippen molar-refractivity contribution in [2.75, 3.05) is 6.61 Å². The van der Waals surface area contributed by atoms with Gasteiger partial charge in [0.1, 0.15) is 17.9 Å². The maximum atomic E-state index is 11.4. The molecule has 4 nitrogen and oxygen atoms in total. The molecule has 0 saturated heterocycles. The molecule has 4 heteroatoms. The van der Waals surface area contributed by atoms with E-state index in [1.54, 1.807) is 6.92 Å². The van der Waals surface area contributed by atoms with Gasteiger partial charge in [-0.3, -0.25) is 10.1 Å². The van der Waals surface area contributed by atoms with Crippen LogP contribution in [0.1, 0.15) is 31.9 Å². The van der Waals surface area contributed by atoms with Gasteiger partial charge in [-0.15, -0.1) is 0 Å². The third kappa shape index (κ3) is 4.24. The number of hydrogen-bond acceptors (Lipinski definition) is 3. The summed E-state index contributed by atoms with van der Waals surface area (Å²) in [5.41, 5.74) is 1.00. The summed E-state index contributed by atoms with van der Waals surface area (Å²) in [6, 6.07) is 5.97. The van der Waals surface area contributed by atoms with Crippen molar-refractivity contribution in [1.82, 2.24) is 5.32 Å². The molecule has 0 radical (unpaired) electrons. The summed E-state index contributed by atoms with van der Waals surface area (Å²) in [7, 11) is 0. The predicted octanol–water partition coefficient (Wildman–Crippen LogP) is 2.52. The van der Waals surface area contributed by atoms with Crippen LogP contribution < -0.4 is 10.1 Å². The van der Waals surface area contributed by atoms with Crippen LogP contribution in [0.25, 0.3) is 0 Å². The van der Waals surface area contributed by atoms with Gasteiger partial charge in [0.15, 0.2) is 0 Å². The van der Waals surface area contributed by atoms with E-state index in [1.165, 1.54) is 0 Å². The zero-order valence-electron chi connectivity index (χ0n) is 12.3. The number of rotatable bonds is 6. The molecule has 0 aromatic heterocycles. The molecule has 0 spiro atoms. The Morgan fingerprint density at radius 2 is 2.05 bits per heavy atom. The van der Waals surface area contributed by atoms with Crippen LogP contribution in [0.4, 0.5) is 0 Å². The zero-order chi connectivity index (χ0) is 14.6. The zero-order valence-corrected chi connectivity index (χ0v) is 12.3. The van der Waals surface area contributed by atoms with E-state index in [4.69, 9.17) is 4.74 Å². The number of hydrogen-bond donors (Lipinski definition) is 2. The van der Waals surface area contributed by atoms with Gasteiger partial charge in [0.25, 0.3) is 0 Å². The van der Waals surface area contributed by atoms with Gasteiger partial charge < -0.3 is 9.84 Å².